The Morgan fingerprint density at radius 2 is 2.08 bits per heavy atom. The Hall–Kier alpha value is -1.59. The molecule has 3 aliphatic heterocycles. The number of fused-ring (bicyclic) bond motifs is 1. The zero-order valence-electron chi connectivity index (χ0n) is 14.2. The van der Waals surface area contributed by atoms with Gasteiger partial charge in [-0.2, -0.15) is 0 Å². The Labute approximate surface area is 143 Å². The van der Waals surface area contributed by atoms with Gasteiger partial charge in [0.1, 0.15) is 11.9 Å². The first kappa shape index (κ1) is 15.9. The molecule has 0 unspecified atom stereocenters. The van der Waals surface area contributed by atoms with Crippen LogP contribution in [0.5, 0.6) is 5.75 Å². The fraction of sp³-hybridized carbons (Fsp3) is 0.632. The lowest BCUT2D eigenvalue weighted by Crippen LogP contribution is -2.41. The van der Waals surface area contributed by atoms with E-state index in [4.69, 9.17) is 9.47 Å². The average Bonchev–Trinajstić information content (AvgIpc) is 3.23. The third-order valence-corrected chi connectivity index (χ3v) is 5.27. The van der Waals surface area contributed by atoms with E-state index < -0.39 is 0 Å². The molecule has 0 aliphatic carbocycles. The highest BCUT2D eigenvalue weighted by atomic mass is 16.5. The Morgan fingerprint density at radius 3 is 2.96 bits per heavy atom. The summed E-state index contributed by atoms with van der Waals surface area (Å²) in [6.07, 6.45) is 3.77. The number of rotatable bonds is 3. The summed E-state index contributed by atoms with van der Waals surface area (Å²) in [4.78, 5) is 17.0. The zero-order chi connectivity index (χ0) is 16.4. The number of hydrogen-bond acceptors (Lipinski definition) is 4. The second-order valence-electron chi connectivity index (χ2n) is 7.00. The lowest BCUT2D eigenvalue weighted by molar-refractivity contribution is -0.140. The van der Waals surface area contributed by atoms with E-state index in [0.29, 0.717) is 0 Å². The molecule has 1 aromatic carbocycles. The maximum atomic E-state index is 12.5. The van der Waals surface area contributed by atoms with E-state index in [1.54, 1.807) is 0 Å². The minimum absolute atomic E-state index is 0.187. The smallest absolute Gasteiger partial charge is 0.251 e. The van der Waals surface area contributed by atoms with E-state index in [2.05, 4.69) is 23.1 Å². The van der Waals surface area contributed by atoms with Crippen LogP contribution in [0, 0.1) is 0 Å². The third kappa shape index (κ3) is 3.42. The van der Waals surface area contributed by atoms with Gasteiger partial charge in [-0.1, -0.05) is 12.1 Å². The average molecular weight is 330 g/mol. The summed E-state index contributed by atoms with van der Waals surface area (Å²) >= 11 is 0. The summed E-state index contributed by atoms with van der Waals surface area (Å²) in [5, 5.41) is 0. The van der Waals surface area contributed by atoms with Crippen molar-refractivity contribution >= 4 is 5.91 Å². The normalized spacial score (nSPS) is 24.5. The van der Waals surface area contributed by atoms with E-state index in [0.717, 1.165) is 77.4 Å². The number of benzene rings is 1. The molecule has 2 saturated heterocycles. The van der Waals surface area contributed by atoms with Gasteiger partial charge in [0.05, 0.1) is 6.61 Å². The van der Waals surface area contributed by atoms with Crippen LogP contribution >= 0.6 is 0 Å². The number of nitrogens with zero attached hydrogens (tertiary/aromatic N) is 2. The van der Waals surface area contributed by atoms with Crippen LogP contribution in [0.4, 0.5) is 0 Å². The second kappa shape index (κ2) is 7.11. The Kier molecular flexibility index (Phi) is 4.72. The van der Waals surface area contributed by atoms with Crippen molar-refractivity contribution in [2.24, 2.45) is 0 Å². The molecule has 24 heavy (non-hydrogen) atoms. The highest BCUT2D eigenvalue weighted by Gasteiger charge is 2.29. The van der Waals surface area contributed by atoms with Gasteiger partial charge in [-0.05, 0) is 36.5 Å². The molecule has 0 N–H and O–H groups in total. The van der Waals surface area contributed by atoms with Crippen LogP contribution in [0.15, 0.2) is 18.2 Å². The molecule has 1 aromatic rings. The van der Waals surface area contributed by atoms with E-state index >= 15 is 0 Å². The highest BCUT2D eigenvalue weighted by molar-refractivity contribution is 5.81. The molecular formula is C19H26N2O3. The lowest BCUT2D eigenvalue weighted by Gasteiger charge is -2.24. The van der Waals surface area contributed by atoms with Crippen LogP contribution in [0.3, 0.4) is 0 Å². The molecule has 3 heterocycles. The van der Waals surface area contributed by atoms with Crippen LogP contribution in [0.25, 0.3) is 0 Å². The van der Waals surface area contributed by atoms with E-state index in [9.17, 15) is 4.79 Å². The summed E-state index contributed by atoms with van der Waals surface area (Å²) in [5.41, 5.74) is 2.68. The first-order chi connectivity index (χ1) is 11.8. The molecule has 1 amide bonds. The van der Waals surface area contributed by atoms with Gasteiger partial charge >= 0.3 is 0 Å². The van der Waals surface area contributed by atoms with E-state index in [-0.39, 0.29) is 12.0 Å². The monoisotopic (exact) mass is 330 g/mol. The van der Waals surface area contributed by atoms with Gasteiger partial charge in [0.25, 0.3) is 5.91 Å². The molecule has 0 bridgehead atoms. The molecule has 3 aliphatic rings. The summed E-state index contributed by atoms with van der Waals surface area (Å²) in [5.74, 6) is 1.24. The van der Waals surface area contributed by atoms with Crippen molar-refractivity contribution in [1.82, 2.24) is 9.80 Å². The van der Waals surface area contributed by atoms with E-state index in [1.165, 1.54) is 11.1 Å². The maximum absolute atomic E-state index is 12.5. The van der Waals surface area contributed by atoms with E-state index in [1.807, 2.05) is 4.90 Å². The summed E-state index contributed by atoms with van der Waals surface area (Å²) in [6.45, 7) is 6.14. The lowest BCUT2D eigenvalue weighted by atomic mass is 10.1. The fourth-order valence-electron chi connectivity index (χ4n) is 3.92. The second-order valence-corrected chi connectivity index (χ2v) is 7.00. The van der Waals surface area contributed by atoms with Crippen LogP contribution in [0.1, 0.15) is 30.4 Å². The van der Waals surface area contributed by atoms with Crippen molar-refractivity contribution in [3.05, 3.63) is 29.3 Å². The quantitative estimate of drug-likeness (QED) is 0.848. The summed E-state index contributed by atoms with van der Waals surface area (Å²) in [6, 6.07) is 6.55. The van der Waals surface area contributed by atoms with Crippen molar-refractivity contribution in [3.8, 4) is 5.75 Å². The van der Waals surface area contributed by atoms with Crippen molar-refractivity contribution in [1.29, 1.82) is 0 Å². The standard InChI is InChI=1S/C19H26N2O3/c22-19(18-3-1-11-23-18)21-8-2-7-20(9-10-21)14-15-4-5-17-16(13-15)6-12-24-17/h4-5,13,18H,1-3,6-12,14H2/t18-/m1/s1. The number of carbonyl (C=O) groups excluding carboxylic acids is 1. The SMILES string of the molecule is O=C([C@H]1CCCO1)N1CCCN(Cc2ccc3c(c2)CCO3)CC1. The first-order valence-corrected chi connectivity index (χ1v) is 9.17. The van der Waals surface area contributed by atoms with Crippen molar-refractivity contribution in [2.75, 3.05) is 39.4 Å². The predicted molar refractivity (Wildman–Crippen MR) is 91.1 cm³/mol. The molecule has 5 heteroatoms. The van der Waals surface area contributed by atoms with Gasteiger partial charge < -0.3 is 14.4 Å². The van der Waals surface area contributed by atoms with Gasteiger partial charge in [-0.3, -0.25) is 9.69 Å². The summed E-state index contributed by atoms with van der Waals surface area (Å²) < 4.78 is 11.1. The minimum atomic E-state index is -0.187. The van der Waals surface area contributed by atoms with Crippen LogP contribution in [-0.4, -0.2) is 61.2 Å². The van der Waals surface area contributed by atoms with Gasteiger partial charge in [-0.15, -0.1) is 0 Å². The molecule has 5 nitrogen and oxygen atoms in total. The molecule has 0 saturated carbocycles. The van der Waals surface area contributed by atoms with Gasteiger partial charge in [0.15, 0.2) is 0 Å². The molecule has 2 fully saturated rings. The topological polar surface area (TPSA) is 42.0 Å². The molecule has 0 spiro atoms. The largest absolute Gasteiger partial charge is 0.493 e. The summed E-state index contributed by atoms with van der Waals surface area (Å²) in [7, 11) is 0. The molecule has 130 valence electrons. The Bertz CT molecular complexity index is 598. The van der Waals surface area contributed by atoms with Crippen molar-refractivity contribution < 1.29 is 14.3 Å². The molecule has 1 atom stereocenters. The molecule has 0 aromatic heterocycles. The fourth-order valence-corrected chi connectivity index (χ4v) is 3.92. The van der Waals surface area contributed by atoms with Gasteiger partial charge in [0, 0.05) is 45.8 Å². The molecule has 4 rings (SSSR count). The Morgan fingerprint density at radius 1 is 1.12 bits per heavy atom. The van der Waals surface area contributed by atoms with Crippen molar-refractivity contribution in [3.63, 3.8) is 0 Å². The Balaban J connectivity index is 1.34. The minimum Gasteiger partial charge on any atom is -0.493 e. The van der Waals surface area contributed by atoms with Gasteiger partial charge in [-0.25, -0.2) is 0 Å². The predicted octanol–water partition coefficient (Wildman–Crippen LogP) is 1.83. The number of hydrogen-bond donors (Lipinski definition) is 0. The first-order valence-electron chi connectivity index (χ1n) is 9.17. The maximum Gasteiger partial charge on any atom is 0.251 e. The molecule has 0 radical (unpaired) electrons. The number of amides is 1. The van der Waals surface area contributed by atoms with Crippen LogP contribution in [0.2, 0.25) is 0 Å². The number of ether oxygens (including phenoxy) is 2. The van der Waals surface area contributed by atoms with Crippen LogP contribution < -0.4 is 4.74 Å². The third-order valence-electron chi connectivity index (χ3n) is 5.27. The number of carbonyl (C=O) groups is 1. The van der Waals surface area contributed by atoms with Gasteiger partial charge in [0.2, 0.25) is 0 Å². The van der Waals surface area contributed by atoms with Crippen LogP contribution in [-0.2, 0) is 22.5 Å². The molecular weight excluding hydrogens is 304 g/mol. The zero-order valence-corrected chi connectivity index (χ0v) is 14.2. The highest BCUT2D eigenvalue weighted by Crippen LogP contribution is 2.26. The van der Waals surface area contributed by atoms with Crippen molar-refractivity contribution in [2.45, 2.75) is 38.3 Å².